The first-order valence-corrected chi connectivity index (χ1v) is 20.9. The van der Waals surface area contributed by atoms with Crippen LogP contribution in [0.5, 0.6) is 0 Å². The van der Waals surface area contributed by atoms with Gasteiger partial charge in [-0.05, 0) is 11.1 Å². The molecule has 0 aromatic heterocycles. The Kier molecular flexibility index (Phi) is 23.3. The van der Waals surface area contributed by atoms with Crippen molar-refractivity contribution in [1.29, 1.82) is 0 Å². The second kappa shape index (κ2) is 26.3. The molecule has 0 saturated heterocycles. The molecule has 7 aromatic rings. The number of fused-ring (bicyclic) bond motifs is 2. The summed E-state index contributed by atoms with van der Waals surface area (Å²) in [7, 11) is 0. The van der Waals surface area contributed by atoms with Gasteiger partial charge in [0.25, 0.3) is 0 Å². The maximum Gasteiger partial charge on any atom is -0.171 e. The van der Waals surface area contributed by atoms with Crippen LogP contribution in [0.4, 0.5) is 0 Å². The zero-order chi connectivity index (χ0) is 35.0. The Balaban J connectivity index is 0.000000339. The molecule has 0 amide bonds. The molecule has 0 spiro atoms. The van der Waals surface area contributed by atoms with Crippen molar-refractivity contribution in [3.8, 4) is 22.3 Å². The van der Waals surface area contributed by atoms with Gasteiger partial charge in [0, 0.05) is 0 Å². The Morgan fingerprint density at radius 2 is 0.898 bits per heavy atom. The first-order valence-electron chi connectivity index (χ1n) is 16.7. The first kappa shape index (κ1) is 43.4. The molecule has 0 fully saturated rings. The van der Waals surface area contributed by atoms with E-state index in [9.17, 15) is 0 Å². The first-order chi connectivity index (χ1) is 23.5. The number of benzene rings is 5. The molecule has 0 bridgehead atoms. The van der Waals surface area contributed by atoms with Gasteiger partial charge in [0.05, 0.1) is 0 Å². The van der Waals surface area contributed by atoms with Gasteiger partial charge in [0.2, 0.25) is 0 Å². The van der Waals surface area contributed by atoms with E-state index in [0.29, 0.717) is 0 Å². The van der Waals surface area contributed by atoms with Crippen LogP contribution in [0.3, 0.4) is 0 Å². The molecule has 0 unspecified atom stereocenters. The summed E-state index contributed by atoms with van der Waals surface area (Å²) in [6.07, 6.45) is 4.56. The number of rotatable bonds is 4. The zero-order valence-corrected chi connectivity index (χ0v) is 33.6. The van der Waals surface area contributed by atoms with Crippen LogP contribution in [0.2, 0.25) is 0 Å². The predicted octanol–water partition coefficient (Wildman–Crippen LogP) is 13.9. The molecule has 0 aliphatic heterocycles. The molecule has 0 saturated carbocycles. The van der Waals surface area contributed by atoms with Crippen LogP contribution in [0.15, 0.2) is 152 Å². The summed E-state index contributed by atoms with van der Waals surface area (Å²) in [4.78, 5) is 0. The Morgan fingerprint density at radius 3 is 1.18 bits per heavy atom. The van der Waals surface area contributed by atoms with Crippen LogP contribution >= 0.6 is 0 Å². The number of unbranched alkanes of at least 4 members (excludes halogenated alkanes) is 2. The van der Waals surface area contributed by atoms with Crippen LogP contribution in [-0.2, 0) is 23.3 Å². The molecule has 2 heteroatoms. The number of hydrogen-bond donors (Lipinski definition) is 0. The predicted molar refractivity (Wildman–Crippen MR) is 217 cm³/mol. The van der Waals surface area contributed by atoms with Crippen molar-refractivity contribution in [2.24, 2.45) is 0 Å². The molecule has 0 aliphatic rings. The van der Waals surface area contributed by atoms with Gasteiger partial charge in [-0.2, -0.15) is 61.4 Å². The largest absolute Gasteiger partial charge is 0.184 e. The molecule has 7 aromatic carbocycles. The molecular weight excluding hydrogens is 684 g/mol. The molecule has 0 atom stereocenters. The summed E-state index contributed by atoms with van der Waals surface area (Å²) < 4.78 is 0. The van der Waals surface area contributed by atoms with E-state index in [-0.39, 0.29) is 7.43 Å². The van der Waals surface area contributed by atoms with E-state index >= 15 is 0 Å². The average Bonchev–Trinajstić information content (AvgIpc) is 3.75. The fraction of sp³-hybridized carbons (Fsp3) is 0.170. The Hall–Kier alpha value is -3.58. The third-order valence-electron chi connectivity index (χ3n) is 7.27. The molecular formula is C47H52SiZr-6. The van der Waals surface area contributed by atoms with Crippen molar-refractivity contribution in [2.45, 2.75) is 53.4 Å². The second-order valence-corrected chi connectivity index (χ2v) is 11.2. The van der Waals surface area contributed by atoms with Crippen molar-refractivity contribution in [2.75, 3.05) is 0 Å². The third-order valence-corrected chi connectivity index (χ3v) is 7.27. The molecule has 49 heavy (non-hydrogen) atoms. The van der Waals surface area contributed by atoms with Crippen molar-refractivity contribution in [3.63, 3.8) is 0 Å². The molecule has 2 radical (unpaired) electrons. The van der Waals surface area contributed by atoms with Gasteiger partial charge in [-0.25, -0.2) is 0 Å². The van der Waals surface area contributed by atoms with E-state index in [1.165, 1.54) is 91.1 Å². The fourth-order valence-electron chi connectivity index (χ4n) is 4.85. The minimum Gasteiger partial charge on any atom is -0.184 e. The van der Waals surface area contributed by atoms with Crippen LogP contribution in [0.25, 0.3) is 43.8 Å². The quantitative estimate of drug-likeness (QED) is 0.125. The van der Waals surface area contributed by atoms with Crippen LogP contribution in [0.1, 0.15) is 50.7 Å². The standard InChI is InChI=1S/2C16H13.C6H5.2C4H9.CH3.Si.Zr/c2*1-12-10-14-8-5-9-15(16(14)11-12)13-6-3-2-4-7-13;1-2-4-6-5-3-1;2*1-3-4-2;;;/h2*2-11H,1H3;1-5H;2*1,3-4H2,2H3;1H3;;/q6*-1;;. The Bertz CT molecular complexity index is 1650. The minimum atomic E-state index is 0. The van der Waals surface area contributed by atoms with E-state index in [1.54, 1.807) is 0 Å². The SMILES string of the molecule is Cc1cc2c(-c3ccccc3)cccc2[cH-]1.Cc1cc2c(-c3ccccc3)cccc2[cH-]1.[CH2-]CCC.[CH2-]CCC.[CH3-].[Si]=[Zr].[c-]1ccccc1. The van der Waals surface area contributed by atoms with Crippen molar-refractivity contribution in [1.82, 2.24) is 0 Å². The van der Waals surface area contributed by atoms with E-state index in [2.05, 4.69) is 176 Å². The van der Waals surface area contributed by atoms with E-state index < -0.39 is 0 Å². The van der Waals surface area contributed by atoms with Crippen molar-refractivity contribution >= 4 is 28.4 Å². The van der Waals surface area contributed by atoms with Gasteiger partial charge < -0.3 is 21.3 Å². The Labute approximate surface area is 315 Å². The zero-order valence-electron chi connectivity index (χ0n) is 30.2. The topological polar surface area (TPSA) is 0 Å². The number of aryl methyl sites for hydroxylation is 2. The van der Waals surface area contributed by atoms with Gasteiger partial charge in [0.15, 0.2) is 0 Å². The fourth-order valence-corrected chi connectivity index (χ4v) is 4.85. The van der Waals surface area contributed by atoms with Crippen LogP contribution in [0, 0.1) is 41.2 Å². The maximum atomic E-state index is 3.60. The third kappa shape index (κ3) is 15.2. The van der Waals surface area contributed by atoms with Gasteiger partial charge >= 0.3 is 30.2 Å². The van der Waals surface area contributed by atoms with Crippen LogP contribution in [-0.4, -0.2) is 6.88 Å². The van der Waals surface area contributed by atoms with E-state index in [4.69, 9.17) is 0 Å². The molecule has 7 rings (SSSR count). The summed E-state index contributed by atoms with van der Waals surface area (Å²) in [6, 6.07) is 55.6. The summed E-state index contributed by atoms with van der Waals surface area (Å²) in [5.41, 5.74) is 7.89. The number of hydrogen-bond acceptors (Lipinski definition) is 0. The Morgan fingerprint density at radius 1 is 0.551 bits per heavy atom. The van der Waals surface area contributed by atoms with Crippen molar-refractivity contribution < 1.29 is 23.3 Å². The van der Waals surface area contributed by atoms with Gasteiger partial charge in [-0.3, -0.25) is 0 Å². The van der Waals surface area contributed by atoms with Gasteiger partial charge in [-0.15, -0.1) is 69.1 Å². The summed E-state index contributed by atoms with van der Waals surface area (Å²) >= 11 is 1.36. The van der Waals surface area contributed by atoms with Crippen molar-refractivity contribution in [3.05, 3.63) is 190 Å². The van der Waals surface area contributed by atoms with Gasteiger partial charge in [-0.1, -0.05) is 124 Å². The normalized spacial score (nSPS) is 9.33. The van der Waals surface area contributed by atoms with E-state index in [0.717, 1.165) is 12.8 Å². The summed E-state index contributed by atoms with van der Waals surface area (Å²) in [5.74, 6) is 0. The minimum absolute atomic E-state index is 0. The summed E-state index contributed by atoms with van der Waals surface area (Å²) in [6.45, 7) is 18.8. The average molecular weight is 736 g/mol. The molecule has 0 aliphatic carbocycles. The molecule has 0 N–H and O–H groups in total. The van der Waals surface area contributed by atoms with E-state index in [1.807, 2.05) is 30.3 Å². The van der Waals surface area contributed by atoms with Gasteiger partial charge in [0.1, 0.15) is 0 Å². The van der Waals surface area contributed by atoms with Crippen LogP contribution < -0.4 is 0 Å². The summed E-state index contributed by atoms with van der Waals surface area (Å²) in [5, 5.41) is 5.37. The smallest absolute Gasteiger partial charge is 0.171 e. The molecule has 254 valence electrons. The monoisotopic (exact) mass is 734 g/mol. The maximum absolute atomic E-state index is 3.60. The molecule has 0 heterocycles. The second-order valence-electron chi connectivity index (χ2n) is 11.2. The molecule has 0 nitrogen and oxygen atoms in total.